The van der Waals surface area contributed by atoms with Crippen LogP contribution in [0.2, 0.25) is 0 Å². The van der Waals surface area contributed by atoms with Gasteiger partial charge < -0.3 is 14.4 Å². The number of fused-ring (bicyclic) bond motifs is 2. The van der Waals surface area contributed by atoms with Crippen molar-refractivity contribution in [1.29, 1.82) is 0 Å². The predicted octanol–water partition coefficient (Wildman–Crippen LogP) is 4.22. The third-order valence-electron chi connectivity index (χ3n) is 5.46. The molecule has 1 aromatic heterocycles. The Morgan fingerprint density at radius 3 is 2.81 bits per heavy atom. The van der Waals surface area contributed by atoms with E-state index in [4.69, 9.17) is 19.4 Å². The number of aryl methyl sites for hydroxylation is 1. The highest BCUT2D eigenvalue weighted by Gasteiger charge is 2.22. The lowest BCUT2D eigenvalue weighted by atomic mass is 10.0. The van der Waals surface area contributed by atoms with Crippen LogP contribution in [0.5, 0.6) is 11.5 Å². The lowest BCUT2D eigenvalue weighted by Crippen LogP contribution is -2.22. The monoisotopic (exact) mass is 361 g/mol. The average molecular weight is 361 g/mol. The van der Waals surface area contributed by atoms with Crippen molar-refractivity contribution in [3.63, 3.8) is 0 Å². The van der Waals surface area contributed by atoms with Crippen LogP contribution in [0.1, 0.15) is 19.0 Å². The Bertz CT molecular complexity index is 1020. The summed E-state index contributed by atoms with van der Waals surface area (Å²) in [5.74, 6) is 3.19. The summed E-state index contributed by atoms with van der Waals surface area (Å²) in [5.41, 5.74) is 4.14. The van der Waals surface area contributed by atoms with Crippen molar-refractivity contribution in [3.8, 4) is 22.6 Å². The molecule has 1 saturated heterocycles. The Morgan fingerprint density at radius 1 is 1.07 bits per heavy atom. The first-order valence-corrected chi connectivity index (χ1v) is 9.61. The van der Waals surface area contributed by atoms with E-state index in [0.29, 0.717) is 19.1 Å². The van der Waals surface area contributed by atoms with Gasteiger partial charge in [-0.15, -0.1) is 0 Å². The molecule has 1 unspecified atom stereocenters. The van der Waals surface area contributed by atoms with Crippen LogP contribution < -0.4 is 14.4 Å². The molecule has 1 fully saturated rings. The van der Waals surface area contributed by atoms with Crippen molar-refractivity contribution in [2.75, 3.05) is 31.2 Å². The van der Waals surface area contributed by atoms with E-state index in [9.17, 15) is 0 Å². The SMILES string of the molecule is Cc1nc(N2CCC(C)C2)nc2ccc(-c3cccc4c3OCCO4)cc12. The molecule has 5 rings (SSSR count). The van der Waals surface area contributed by atoms with Crippen LogP contribution in [0.15, 0.2) is 36.4 Å². The maximum absolute atomic E-state index is 5.89. The first-order valence-electron chi connectivity index (χ1n) is 9.61. The molecule has 3 aromatic rings. The van der Waals surface area contributed by atoms with Gasteiger partial charge in [0.15, 0.2) is 11.5 Å². The zero-order chi connectivity index (χ0) is 18.4. The second-order valence-corrected chi connectivity index (χ2v) is 7.51. The number of ether oxygens (including phenoxy) is 2. The minimum absolute atomic E-state index is 0.581. The predicted molar refractivity (Wildman–Crippen MR) is 107 cm³/mol. The number of hydrogen-bond donors (Lipinski definition) is 0. The summed E-state index contributed by atoms with van der Waals surface area (Å²) >= 11 is 0. The summed E-state index contributed by atoms with van der Waals surface area (Å²) in [7, 11) is 0. The fraction of sp³-hybridized carbons (Fsp3) is 0.364. The topological polar surface area (TPSA) is 47.5 Å². The van der Waals surface area contributed by atoms with Gasteiger partial charge in [0.05, 0.1) is 11.2 Å². The zero-order valence-electron chi connectivity index (χ0n) is 15.7. The molecule has 0 spiro atoms. The number of rotatable bonds is 2. The van der Waals surface area contributed by atoms with E-state index in [-0.39, 0.29) is 0 Å². The van der Waals surface area contributed by atoms with Gasteiger partial charge in [0.25, 0.3) is 0 Å². The van der Waals surface area contributed by atoms with Gasteiger partial charge in [0.2, 0.25) is 5.95 Å². The molecule has 1 atom stereocenters. The number of para-hydroxylation sites is 1. The minimum atomic E-state index is 0.581. The number of hydrogen-bond acceptors (Lipinski definition) is 5. The molecule has 0 N–H and O–H groups in total. The molecule has 3 heterocycles. The van der Waals surface area contributed by atoms with Crippen molar-refractivity contribution in [2.24, 2.45) is 5.92 Å². The Hall–Kier alpha value is -2.82. The Labute approximate surface area is 159 Å². The van der Waals surface area contributed by atoms with E-state index in [1.807, 2.05) is 12.1 Å². The first kappa shape index (κ1) is 16.4. The minimum Gasteiger partial charge on any atom is -0.486 e. The molecular formula is C22H23N3O2. The largest absolute Gasteiger partial charge is 0.486 e. The van der Waals surface area contributed by atoms with E-state index in [2.05, 4.69) is 43.0 Å². The fourth-order valence-corrected chi connectivity index (χ4v) is 3.99. The van der Waals surface area contributed by atoms with Crippen molar-refractivity contribution in [1.82, 2.24) is 9.97 Å². The van der Waals surface area contributed by atoms with Crippen LogP contribution in [0, 0.1) is 12.8 Å². The number of benzene rings is 2. The summed E-state index contributed by atoms with van der Waals surface area (Å²) in [4.78, 5) is 11.9. The van der Waals surface area contributed by atoms with Gasteiger partial charge in [-0.3, -0.25) is 0 Å². The molecule has 138 valence electrons. The van der Waals surface area contributed by atoms with Gasteiger partial charge >= 0.3 is 0 Å². The van der Waals surface area contributed by atoms with E-state index in [1.165, 1.54) is 6.42 Å². The first-order chi connectivity index (χ1) is 13.2. The van der Waals surface area contributed by atoms with Crippen LogP contribution >= 0.6 is 0 Å². The summed E-state index contributed by atoms with van der Waals surface area (Å²) in [5, 5.41) is 1.08. The summed E-state index contributed by atoms with van der Waals surface area (Å²) in [6.45, 7) is 7.61. The molecule has 5 heteroatoms. The van der Waals surface area contributed by atoms with Gasteiger partial charge in [-0.1, -0.05) is 25.1 Å². The Kier molecular flexibility index (Phi) is 3.88. The molecule has 2 aliphatic rings. The van der Waals surface area contributed by atoms with Crippen molar-refractivity contribution in [2.45, 2.75) is 20.3 Å². The lowest BCUT2D eigenvalue weighted by Gasteiger charge is -2.21. The molecule has 2 aliphatic heterocycles. The maximum Gasteiger partial charge on any atom is 0.226 e. The number of aromatic nitrogens is 2. The summed E-state index contributed by atoms with van der Waals surface area (Å²) in [6, 6.07) is 12.4. The Morgan fingerprint density at radius 2 is 1.96 bits per heavy atom. The van der Waals surface area contributed by atoms with E-state index < -0.39 is 0 Å². The second kappa shape index (κ2) is 6.41. The van der Waals surface area contributed by atoms with Gasteiger partial charge in [0.1, 0.15) is 13.2 Å². The molecular weight excluding hydrogens is 338 g/mol. The molecule has 2 aromatic carbocycles. The van der Waals surface area contributed by atoms with E-state index >= 15 is 0 Å². The van der Waals surface area contributed by atoms with Crippen LogP contribution in [-0.2, 0) is 0 Å². The van der Waals surface area contributed by atoms with Crippen molar-refractivity contribution in [3.05, 3.63) is 42.1 Å². The zero-order valence-corrected chi connectivity index (χ0v) is 15.7. The molecule has 0 radical (unpaired) electrons. The average Bonchev–Trinajstić information content (AvgIpc) is 3.14. The maximum atomic E-state index is 5.89. The summed E-state index contributed by atoms with van der Waals surface area (Å²) < 4.78 is 11.6. The third-order valence-corrected chi connectivity index (χ3v) is 5.46. The van der Waals surface area contributed by atoms with Crippen molar-refractivity contribution < 1.29 is 9.47 Å². The highest BCUT2D eigenvalue weighted by atomic mass is 16.6. The highest BCUT2D eigenvalue weighted by molar-refractivity contribution is 5.88. The van der Waals surface area contributed by atoms with Gasteiger partial charge in [-0.05, 0) is 43.0 Å². The molecule has 5 nitrogen and oxygen atoms in total. The Balaban J connectivity index is 1.58. The summed E-state index contributed by atoms with van der Waals surface area (Å²) in [6.07, 6.45) is 1.21. The molecule has 0 aliphatic carbocycles. The van der Waals surface area contributed by atoms with E-state index in [1.54, 1.807) is 0 Å². The van der Waals surface area contributed by atoms with Gasteiger partial charge in [-0.25, -0.2) is 9.97 Å². The van der Waals surface area contributed by atoms with Gasteiger partial charge in [0, 0.05) is 24.0 Å². The second-order valence-electron chi connectivity index (χ2n) is 7.51. The highest BCUT2D eigenvalue weighted by Crippen LogP contribution is 2.40. The molecule has 0 saturated carbocycles. The third kappa shape index (κ3) is 2.87. The molecule has 0 bridgehead atoms. The molecule has 0 amide bonds. The van der Waals surface area contributed by atoms with Crippen LogP contribution in [0.4, 0.5) is 5.95 Å². The van der Waals surface area contributed by atoms with Crippen molar-refractivity contribution >= 4 is 16.9 Å². The quantitative estimate of drug-likeness (QED) is 0.684. The standard InChI is InChI=1S/C22H23N3O2/c1-14-8-9-25(13-14)22-23-15(2)18-12-16(6-7-19(18)24-22)17-4-3-5-20-21(17)27-11-10-26-20/h3-7,12,14H,8-11,13H2,1-2H3. The molecule has 27 heavy (non-hydrogen) atoms. The van der Waals surface area contributed by atoms with E-state index in [0.717, 1.165) is 58.3 Å². The number of anilines is 1. The normalized spacial score (nSPS) is 18.9. The van der Waals surface area contributed by atoms with Crippen LogP contribution in [-0.4, -0.2) is 36.3 Å². The van der Waals surface area contributed by atoms with Crippen LogP contribution in [0.25, 0.3) is 22.0 Å². The lowest BCUT2D eigenvalue weighted by molar-refractivity contribution is 0.172. The van der Waals surface area contributed by atoms with Gasteiger partial charge in [-0.2, -0.15) is 0 Å². The fourth-order valence-electron chi connectivity index (χ4n) is 3.99. The van der Waals surface area contributed by atoms with Crippen LogP contribution in [0.3, 0.4) is 0 Å². The number of nitrogens with zero attached hydrogens (tertiary/aromatic N) is 3. The smallest absolute Gasteiger partial charge is 0.226 e.